The number of imidazole rings is 1. The molecule has 0 saturated carbocycles. The van der Waals surface area contributed by atoms with Gasteiger partial charge in [0.15, 0.2) is 0 Å². The number of nitrogens with one attached hydrogen (secondary N) is 1. The molecule has 0 saturated heterocycles. The van der Waals surface area contributed by atoms with E-state index in [0.29, 0.717) is 6.61 Å². The van der Waals surface area contributed by atoms with Crippen molar-refractivity contribution in [2.24, 2.45) is 0 Å². The van der Waals surface area contributed by atoms with E-state index in [1.165, 1.54) is 4.88 Å². The Hall–Kier alpha value is -1.29. The fraction of sp³-hybridized carbons (Fsp3) is 0.300. The van der Waals surface area contributed by atoms with Gasteiger partial charge < -0.3 is 9.72 Å². The van der Waals surface area contributed by atoms with Gasteiger partial charge in [0.2, 0.25) is 5.88 Å². The molecular formula is C10H12N2OS. The maximum Gasteiger partial charge on any atom is 0.211 e. The number of H-pyrrole nitrogens is 1. The lowest BCUT2D eigenvalue weighted by molar-refractivity contribution is 0.328. The van der Waals surface area contributed by atoms with Crippen molar-refractivity contribution in [1.82, 2.24) is 9.97 Å². The second-order valence-corrected chi connectivity index (χ2v) is 3.92. The minimum Gasteiger partial charge on any atom is -0.478 e. The van der Waals surface area contributed by atoms with Gasteiger partial charge in [0.05, 0.1) is 12.8 Å². The van der Waals surface area contributed by atoms with Crippen LogP contribution >= 0.6 is 11.3 Å². The molecule has 0 unspecified atom stereocenters. The first-order valence-electron chi connectivity index (χ1n) is 4.57. The van der Waals surface area contributed by atoms with Crippen LogP contribution in [0.4, 0.5) is 0 Å². The number of thiophene rings is 1. The third-order valence-corrected chi connectivity index (χ3v) is 2.70. The minimum absolute atomic E-state index is 0.667. The Labute approximate surface area is 86.8 Å². The molecule has 14 heavy (non-hydrogen) atoms. The molecule has 0 aliphatic carbocycles. The fourth-order valence-electron chi connectivity index (χ4n) is 1.24. The van der Waals surface area contributed by atoms with E-state index < -0.39 is 0 Å². The van der Waals surface area contributed by atoms with Crippen LogP contribution in [0.5, 0.6) is 5.88 Å². The molecule has 0 spiro atoms. The van der Waals surface area contributed by atoms with Gasteiger partial charge in [0, 0.05) is 11.3 Å². The van der Waals surface area contributed by atoms with Crippen LogP contribution in [-0.2, 0) is 6.42 Å². The van der Waals surface area contributed by atoms with Crippen molar-refractivity contribution in [2.45, 2.75) is 13.3 Å². The zero-order chi connectivity index (χ0) is 9.80. The average Bonchev–Trinajstić information content (AvgIpc) is 2.79. The number of ether oxygens (including phenoxy) is 1. The van der Waals surface area contributed by atoms with Crippen molar-refractivity contribution in [3.05, 3.63) is 34.4 Å². The maximum atomic E-state index is 5.29. The van der Waals surface area contributed by atoms with Crippen LogP contribution in [0, 0.1) is 0 Å². The van der Waals surface area contributed by atoms with Gasteiger partial charge >= 0.3 is 0 Å². The molecule has 2 aromatic heterocycles. The molecule has 0 aromatic carbocycles. The van der Waals surface area contributed by atoms with Crippen LogP contribution in [0.15, 0.2) is 23.7 Å². The van der Waals surface area contributed by atoms with Crippen LogP contribution in [0.3, 0.4) is 0 Å². The van der Waals surface area contributed by atoms with Crippen molar-refractivity contribution in [3.63, 3.8) is 0 Å². The van der Waals surface area contributed by atoms with Crippen molar-refractivity contribution in [1.29, 1.82) is 0 Å². The molecule has 0 fully saturated rings. The van der Waals surface area contributed by atoms with E-state index in [1.54, 1.807) is 17.5 Å². The summed E-state index contributed by atoms with van der Waals surface area (Å²) < 4.78 is 5.29. The number of aromatic nitrogens is 2. The summed E-state index contributed by atoms with van der Waals surface area (Å²) in [6, 6.07) is 4.15. The van der Waals surface area contributed by atoms with Crippen molar-refractivity contribution in [2.75, 3.05) is 6.61 Å². The van der Waals surface area contributed by atoms with E-state index in [0.717, 1.165) is 18.1 Å². The van der Waals surface area contributed by atoms with Crippen LogP contribution in [0.1, 0.15) is 17.6 Å². The Balaban J connectivity index is 2.03. The molecule has 0 bridgehead atoms. The number of aromatic amines is 1. The predicted molar refractivity (Wildman–Crippen MR) is 56.9 cm³/mol. The van der Waals surface area contributed by atoms with Gasteiger partial charge in [-0.05, 0) is 18.4 Å². The Bertz CT molecular complexity index is 380. The number of rotatable bonds is 4. The molecule has 2 aromatic rings. The minimum atomic E-state index is 0.667. The van der Waals surface area contributed by atoms with Gasteiger partial charge in [-0.2, -0.15) is 0 Å². The van der Waals surface area contributed by atoms with Gasteiger partial charge in [-0.3, -0.25) is 0 Å². The smallest absolute Gasteiger partial charge is 0.211 e. The molecule has 2 rings (SSSR count). The number of nitrogens with zero attached hydrogens (tertiary/aromatic N) is 1. The van der Waals surface area contributed by atoms with Gasteiger partial charge in [-0.25, -0.2) is 4.98 Å². The molecule has 0 atom stereocenters. The van der Waals surface area contributed by atoms with Crippen molar-refractivity contribution < 1.29 is 4.74 Å². The van der Waals surface area contributed by atoms with Gasteiger partial charge in [0.1, 0.15) is 5.82 Å². The topological polar surface area (TPSA) is 37.9 Å². The van der Waals surface area contributed by atoms with Crippen LogP contribution in [-0.4, -0.2) is 16.6 Å². The molecule has 74 valence electrons. The molecule has 0 amide bonds. The molecule has 3 nitrogen and oxygen atoms in total. The SMILES string of the molecule is CCOc1cnc(Cc2cccs2)[nH]1. The highest BCUT2D eigenvalue weighted by Crippen LogP contribution is 2.14. The predicted octanol–water partition coefficient (Wildman–Crippen LogP) is 2.46. The average molecular weight is 208 g/mol. The van der Waals surface area contributed by atoms with E-state index in [4.69, 9.17) is 4.74 Å². The molecule has 0 aliphatic rings. The lowest BCUT2D eigenvalue weighted by Crippen LogP contribution is -1.92. The molecular weight excluding hydrogens is 196 g/mol. The highest BCUT2D eigenvalue weighted by atomic mass is 32.1. The van der Waals surface area contributed by atoms with E-state index in [2.05, 4.69) is 21.4 Å². The summed E-state index contributed by atoms with van der Waals surface area (Å²) >= 11 is 1.74. The highest BCUT2D eigenvalue weighted by Gasteiger charge is 2.02. The van der Waals surface area contributed by atoms with Crippen molar-refractivity contribution >= 4 is 11.3 Å². The molecule has 1 N–H and O–H groups in total. The van der Waals surface area contributed by atoms with Gasteiger partial charge in [-0.1, -0.05) is 6.07 Å². The molecule has 0 radical (unpaired) electrons. The zero-order valence-electron chi connectivity index (χ0n) is 7.99. The fourth-order valence-corrected chi connectivity index (χ4v) is 1.95. The Morgan fingerprint density at radius 2 is 2.50 bits per heavy atom. The van der Waals surface area contributed by atoms with E-state index in [-0.39, 0.29) is 0 Å². The quantitative estimate of drug-likeness (QED) is 0.838. The zero-order valence-corrected chi connectivity index (χ0v) is 8.80. The Morgan fingerprint density at radius 1 is 1.57 bits per heavy atom. The standard InChI is InChI=1S/C10H12N2OS/c1-2-13-10-7-11-9(12-10)6-8-4-3-5-14-8/h3-5,7H,2,6H2,1H3,(H,11,12). The third-order valence-electron chi connectivity index (χ3n) is 1.83. The summed E-state index contributed by atoms with van der Waals surface area (Å²) in [4.78, 5) is 8.67. The second kappa shape index (κ2) is 4.28. The monoisotopic (exact) mass is 208 g/mol. The number of hydrogen-bond donors (Lipinski definition) is 1. The Kier molecular flexibility index (Phi) is 2.84. The molecule has 2 heterocycles. The number of hydrogen-bond acceptors (Lipinski definition) is 3. The van der Waals surface area contributed by atoms with Crippen LogP contribution in [0.25, 0.3) is 0 Å². The highest BCUT2D eigenvalue weighted by molar-refractivity contribution is 7.09. The summed E-state index contributed by atoms with van der Waals surface area (Å²) in [5.74, 6) is 1.70. The summed E-state index contributed by atoms with van der Waals surface area (Å²) in [5, 5.41) is 2.07. The van der Waals surface area contributed by atoms with Gasteiger partial charge in [0.25, 0.3) is 0 Å². The summed E-state index contributed by atoms with van der Waals surface area (Å²) in [6.07, 6.45) is 2.58. The first-order chi connectivity index (χ1) is 6.88. The van der Waals surface area contributed by atoms with Crippen molar-refractivity contribution in [3.8, 4) is 5.88 Å². The largest absolute Gasteiger partial charge is 0.478 e. The Morgan fingerprint density at radius 3 is 3.21 bits per heavy atom. The lowest BCUT2D eigenvalue weighted by atomic mass is 10.3. The third kappa shape index (κ3) is 2.14. The lowest BCUT2D eigenvalue weighted by Gasteiger charge is -1.96. The normalized spacial score (nSPS) is 10.4. The summed E-state index contributed by atoms with van der Waals surface area (Å²) in [6.45, 7) is 2.63. The summed E-state index contributed by atoms with van der Waals surface area (Å²) in [7, 11) is 0. The molecule has 4 heteroatoms. The second-order valence-electron chi connectivity index (χ2n) is 2.88. The van der Waals surface area contributed by atoms with E-state index in [1.807, 2.05) is 13.0 Å². The first kappa shape index (κ1) is 9.27. The van der Waals surface area contributed by atoms with E-state index in [9.17, 15) is 0 Å². The molecule has 0 aliphatic heterocycles. The first-order valence-corrected chi connectivity index (χ1v) is 5.45. The summed E-state index contributed by atoms with van der Waals surface area (Å²) in [5.41, 5.74) is 0. The van der Waals surface area contributed by atoms with E-state index >= 15 is 0 Å². The van der Waals surface area contributed by atoms with Gasteiger partial charge in [-0.15, -0.1) is 11.3 Å². The van der Waals surface area contributed by atoms with Crippen LogP contribution in [0.2, 0.25) is 0 Å². The maximum absolute atomic E-state index is 5.29. The van der Waals surface area contributed by atoms with Crippen LogP contribution < -0.4 is 4.74 Å².